The third-order valence-corrected chi connectivity index (χ3v) is 12.4. The van der Waals surface area contributed by atoms with Gasteiger partial charge < -0.3 is 5.53 Å². The zero-order valence-corrected chi connectivity index (χ0v) is 37.3. The van der Waals surface area contributed by atoms with Gasteiger partial charge in [-0.25, -0.2) is 4.70 Å². The molecule has 0 aromatic heterocycles. The molecule has 1 aliphatic rings. The Bertz CT molecular complexity index is 1270. The number of aryl methyl sites for hydroxylation is 2. The van der Waals surface area contributed by atoms with Crippen molar-refractivity contribution < 1.29 is 19.1 Å². The molecule has 0 bridgehead atoms. The first-order valence-corrected chi connectivity index (χ1v) is 24.5. The molecule has 3 rings (SSSR count). The van der Waals surface area contributed by atoms with Crippen LogP contribution in [0.3, 0.4) is 0 Å². The van der Waals surface area contributed by atoms with Gasteiger partial charge in [0.15, 0.2) is 0 Å². The topological polar surface area (TPSA) is 25.3 Å². The van der Waals surface area contributed by atoms with Crippen LogP contribution < -0.4 is 0 Å². The van der Waals surface area contributed by atoms with Crippen LogP contribution in [0.2, 0.25) is 10.8 Å². The summed E-state index contributed by atoms with van der Waals surface area (Å²) in [5.74, 6) is 0. The summed E-state index contributed by atoms with van der Waals surface area (Å²) < 4.78 is 1.51. The molecule has 0 aliphatic carbocycles. The van der Waals surface area contributed by atoms with E-state index in [1.165, 1.54) is 185 Å². The fraction of sp³-hybridized carbons (Fsp3) is 0.686. The molecular weight excluding hydrogens is 699 g/mol. The normalized spacial score (nSPS) is 13.0. The fourth-order valence-corrected chi connectivity index (χ4v) is 8.79. The van der Waals surface area contributed by atoms with Crippen molar-refractivity contribution in [1.82, 2.24) is 0 Å². The van der Waals surface area contributed by atoms with Gasteiger partial charge in [-0.2, -0.15) is 0 Å². The summed E-state index contributed by atoms with van der Waals surface area (Å²) in [6, 6.07) is 17.9. The molecule has 0 amide bonds. The van der Waals surface area contributed by atoms with E-state index in [1.807, 2.05) is 14.4 Å². The van der Waals surface area contributed by atoms with E-state index in [0.717, 1.165) is 48.2 Å². The molecule has 3 heteroatoms. The zero-order chi connectivity index (χ0) is 39.1. The molecule has 0 saturated heterocycles. The van der Waals surface area contributed by atoms with Crippen molar-refractivity contribution in [3.05, 3.63) is 87.5 Å². The van der Waals surface area contributed by atoms with E-state index in [2.05, 4.69) is 90.1 Å². The Hall–Kier alpha value is -1.99. The molecule has 54 heavy (non-hydrogen) atoms. The number of unbranched alkanes of at least 4 members (excludes halogenated alkanes) is 18. The average Bonchev–Trinajstić information content (AvgIpc) is 3.48. The van der Waals surface area contributed by atoms with Crippen LogP contribution in [0.4, 0.5) is 0 Å². The van der Waals surface area contributed by atoms with Crippen molar-refractivity contribution in [3.8, 4) is 0 Å². The molecule has 0 atom stereocenters. The van der Waals surface area contributed by atoms with Crippen LogP contribution in [0.15, 0.2) is 59.7 Å². The summed E-state index contributed by atoms with van der Waals surface area (Å²) in [5, 5.41) is 2.85. The van der Waals surface area contributed by atoms with E-state index in [4.69, 9.17) is 0 Å². The van der Waals surface area contributed by atoms with Crippen LogP contribution in [0.1, 0.15) is 224 Å². The summed E-state index contributed by atoms with van der Waals surface area (Å²) in [6.45, 7) is 13.6. The van der Waals surface area contributed by atoms with Crippen molar-refractivity contribution in [3.63, 3.8) is 0 Å². The summed E-state index contributed by atoms with van der Waals surface area (Å²) in [6.07, 6.45) is 35.4. The third kappa shape index (κ3) is 19.2. The third-order valence-electron chi connectivity index (χ3n) is 11.0. The van der Waals surface area contributed by atoms with Crippen LogP contribution in [0.25, 0.3) is 16.9 Å². The van der Waals surface area contributed by atoms with Gasteiger partial charge in [-0.15, -0.1) is 0 Å². The fourth-order valence-electron chi connectivity index (χ4n) is 7.55. The Labute approximate surface area is 342 Å². The number of hydrogen-bond donors (Lipinski definition) is 0. The molecule has 0 N–H and O–H groups in total. The first-order valence-electron chi connectivity index (χ1n) is 23.1. The van der Waals surface area contributed by atoms with Gasteiger partial charge in [-0.05, 0) is 80.3 Å². The van der Waals surface area contributed by atoms with Gasteiger partial charge in [0.2, 0.25) is 11.4 Å². The van der Waals surface area contributed by atoms with E-state index in [0.29, 0.717) is 0 Å². The van der Waals surface area contributed by atoms with Gasteiger partial charge >= 0.3 is 116 Å². The van der Waals surface area contributed by atoms with Crippen LogP contribution in [0.5, 0.6) is 0 Å². The minimum absolute atomic E-state index is 0.925. The van der Waals surface area contributed by atoms with Crippen molar-refractivity contribution in [2.24, 2.45) is 0 Å². The van der Waals surface area contributed by atoms with Gasteiger partial charge in [0.25, 0.3) is 0 Å². The molecule has 0 unspecified atom stereocenters. The molecule has 0 saturated carbocycles. The standard InChI is InChI=1S/C35H50N2.2C8H17.Ni/c1-5-9-12-13-14-16-19-33-32(8-4)34(30-24-22-29(23-25-30)18-15-10-6-2)37(36)35(33)31-26-20-28(21-27-31)17-11-7-3;2*1-3-5-7-8-6-4-2;/h20-27H,5-19H2,1-4H3;2*1,3-8H2,2H3;. The Morgan fingerprint density at radius 2 is 0.741 bits per heavy atom. The first kappa shape index (κ1) is 48.2. The van der Waals surface area contributed by atoms with Gasteiger partial charge in [0.1, 0.15) is 0 Å². The maximum absolute atomic E-state index is 11.7. The molecule has 1 heterocycles. The van der Waals surface area contributed by atoms with Crippen molar-refractivity contribution in [1.29, 1.82) is 0 Å². The Morgan fingerprint density at radius 3 is 1.19 bits per heavy atom. The minimum atomic E-state index is 0.925. The molecule has 2 nitrogen and oxygen atoms in total. The molecule has 1 aliphatic heterocycles. The number of benzene rings is 2. The molecular formula is C51H84N2Ni. The molecule has 308 valence electrons. The number of rotatable bonds is 31. The van der Waals surface area contributed by atoms with Crippen molar-refractivity contribution in [2.45, 2.75) is 226 Å². The van der Waals surface area contributed by atoms with Gasteiger partial charge in [-0.3, -0.25) is 0 Å². The van der Waals surface area contributed by atoms with Crippen molar-refractivity contribution in [2.75, 3.05) is 0 Å². The summed E-state index contributed by atoms with van der Waals surface area (Å²) in [4.78, 5) is 0. The molecule has 0 fully saturated rings. The number of nitrogens with zero attached hydrogens (tertiary/aromatic N) is 2. The van der Waals surface area contributed by atoms with E-state index >= 15 is 0 Å². The summed E-state index contributed by atoms with van der Waals surface area (Å²) >= 11 is 2.01. The second-order valence-electron chi connectivity index (χ2n) is 15.8. The predicted octanol–water partition coefficient (Wildman–Crippen LogP) is 17.7. The Balaban J connectivity index is 0.000000500. The van der Waals surface area contributed by atoms with Crippen LogP contribution in [-0.2, 0) is 27.3 Å². The predicted molar refractivity (Wildman–Crippen MR) is 237 cm³/mol. The van der Waals surface area contributed by atoms with E-state index < -0.39 is 0 Å². The summed E-state index contributed by atoms with van der Waals surface area (Å²) in [5.41, 5.74) is 21.3. The average molecular weight is 784 g/mol. The quantitative estimate of drug-likeness (QED) is 0.0413. The molecule has 2 aromatic carbocycles. The molecule has 2 aromatic rings. The van der Waals surface area contributed by atoms with E-state index in [1.54, 1.807) is 0 Å². The van der Waals surface area contributed by atoms with Crippen LogP contribution in [-0.4, -0.2) is 4.70 Å². The SMILES string of the molecule is CCCCCCCCC1=C(c2ccc(CCCC)cc2)[N+](=[N-])C(c2ccc(CCCCC)cc2)=C1CC.CCCCCCC[CH2][Ni][CH2]CCCCCCC. The molecule has 0 spiro atoms. The number of allylic oxidation sites excluding steroid dienone is 2. The van der Waals surface area contributed by atoms with Crippen LogP contribution in [0, 0.1) is 0 Å². The number of hydrogen-bond acceptors (Lipinski definition) is 0. The Morgan fingerprint density at radius 1 is 0.389 bits per heavy atom. The second kappa shape index (κ2) is 32.1. The van der Waals surface area contributed by atoms with Crippen LogP contribution >= 0.6 is 0 Å². The second-order valence-corrected chi connectivity index (χ2v) is 17.3. The van der Waals surface area contributed by atoms with E-state index in [-0.39, 0.29) is 0 Å². The zero-order valence-electron chi connectivity index (χ0n) is 36.3. The summed E-state index contributed by atoms with van der Waals surface area (Å²) in [7, 11) is 0. The Kier molecular flexibility index (Phi) is 28.7. The van der Waals surface area contributed by atoms with Gasteiger partial charge in [0.05, 0.1) is 0 Å². The monoisotopic (exact) mass is 783 g/mol. The maximum atomic E-state index is 11.7. The van der Waals surface area contributed by atoms with E-state index in [9.17, 15) is 5.53 Å². The van der Waals surface area contributed by atoms with Crippen molar-refractivity contribution >= 4 is 11.4 Å². The first-order chi connectivity index (χ1) is 26.6. The molecule has 0 radical (unpaired) electrons. The van der Waals surface area contributed by atoms with Gasteiger partial charge in [0, 0.05) is 22.3 Å². The van der Waals surface area contributed by atoms with Gasteiger partial charge in [-0.1, -0.05) is 103 Å².